The molecule has 1 heterocycles. The molecular weight excluding hydrogens is 282 g/mol. The maximum atomic E-state index is 9.05. The molecule has 0 amide bonds. The number of hydrogen-bond acceptors (Lipinski definition) is 4. The lowest BCUT2D eigenvalue weighted by Crippen LogP contribution is -2.07. The van der Waals surface area contributed by atoms with Crippen molar-refractivity contribution in [3.05, 3.63) is 41.1 Å². The van der Waals surface area contributed by atoms with Crippen molar-refractivity contribution in [2.24, 2.45) is 5.92 Å². The molecule has 110 valence electrons. The third-order valence-electron chi connectivity index (χ3n) is 3.04. The average molecular weight is 301 g/mol. The van der Waals surface area contributed by atoms with Crippen LogP contribution in [0.25, 0.3) is 0 Å². The third kappa shape index (κ3) is 4.02. The first-order chi connectivity index (χ1) is 9.99. The molecule has 1 aromatic carbocycles. The first-order valence-electron chi connectivity index (χ1n) is 6.89. The monoisotopic (exact) mass is 301 g/mol. The largest absolute Gasteiger partial charge is 0.476 e. The standard InChI is InChI=1S/C16H19N3OS/c1-11(2)10-20-16-6-12(3)19(18-16)9-13-4-5-15(21)14(7-13)8-17/h4-7,11,21H,9-10H2,1-3H3. The molecule has 2 aromatic rings. The number of ether oxygens (including phenoxy) is 1. The van der Waals surface area contributed by atoms with Gasteiger partial charge in [0, 0.05) is 16.7 Å². The number of benzene rings is 1. The van der Waals surface area contributed by atoms with Crippen LogP contribution in [0.4, 0.5) is 0 Å². The van der Waals surface area contributed by atoms with E-state index >= 15 is 0 Å². The second kappa shape index (κ2) is 6.68. The molecule has 0 saturated heterocycles. The number of aryl methyl sites for hydroxylation is 1. The van der Waals surface area contributed by atoms with Crippen molar-refractivity contribution < 1.29 is 4.74 Å². The zero-order valence-electron chi connectivity index (χ0n) is 12.5. The van der Waals surface area contributed by atoms with Crippen molar-refractivity contribution in [2.45, 2.75) is 32.2 Å². The van der Waals surface area contributed by atoms with Gasteiger partial charge in [0.1, 0.15) is 6.07 Å². The highest BCUT2D eigenvalue weighted by atomic mass is 32.1. The molecule has 21 heavy (non-hydrogen) atoms. The number of aromatic nitrogens is 2. The van der Waals surface area contributed by atoms with Crippen molar-refractivity contribution in [2.75, 3.05) is 6.61 Å². The maximum Gasteiger partial charge on any atom is 0.233 e. The molecule has 0 N–H and O–H groups in total. The van der Waals surface area contributed by atoms with Gasteiger partial charge >= 0.3 is 0 Å². The normalized spacial score (nSPS) is 10.7. The SMILES string of the molecule is Cc1cc(OCC(C)C)nn1Cc1ccc(S)c(C#N)c1. The van der Waals surface area contributed by atoms with E-state index < -0.39 is 0 Å². The Labute approximate surface area is 130 Å². The van der Waals surface area contributed by atoms with E-state index in [9.17, 15) is 0 Å². The van der Waals surface area contributed by atoms with Crippen LogP contribution in [0.2, 0.25) is 0 Å². The molecule has 0 saturated carbocycles. The summed E-state index contributed by atoms with van der Waals surface area (Å²) < 4.78 is 7.51. The quantitative estimate of drug-likeness (QED) is 0.861. The van der Waals surface area contributed by atoms with E-state index in [0.717, 1.165) is 11.3 Å². The molecule has 2 rings (SSSR count). The smallest absolute Gasteiger partial charge is 0.233 e. The molecule has 0 spiro atoms. The Kier molecular flexibility index (Phi) is 4.92. The minimum atomic E-state index is 0.469. The fourth-order valence-electron chi connectivity index (χ4n) is 1.91. The summed E-state index contributed by atoms with van der Waals surface area (Å²) in [4.78, 5) is 0.694. The Morgan fingerprint density at radius 2 is 2.14 bits per heavy atom. The van der Waals surface area contributed by atoms with Gasteiger partial charge in [-0.3, -0.25) is 4.68 Å². The van der Waals surface area contributed by atoms with Crippen molar-refractivity contribution in [3.63, 3.8) is 0 Å². The molecule has 0 fully saturated rings. The van der Waals surface area contributed by atoms with E-state index in [-0.39, 0.29) is 0 Å². The Morgan fingerprint density at radius 1 is 1.38 bits per heavy atom. The zero-order valence-corrected chi connectivity index (χ0v) is 13.4. The Hall–Kier alpha value is -1.93. The van der Waals surface area contributed by atoms with Crippen LogP contribution in [0, 0.1) is 24.2 Å². The summed E-state index contributed by atoms with van der Waals surface area (Å²) in [6.07, 6.45) is 0. The van der Waals surface area contributed by atoms with Crippen LogP contribution in [-0.2, 0) is 6.54 Å². The van der Waals surface area contributed by atoms with Crippen LogP contribution in [0.3, 0.4) is 0 Å². The van der Waals surface area contributed by atoms with Crippen LogP contribution in [0.5, 0.6) is 5.88 Å². The number of nitrogens with zero attached hydrogens (tertiary/aromatic N) is 3. The highest BCUT2D eigenvalue weighted by molar-refractivity contribution is 7.80. The van der Waals surface area contributed by atoms with Crippen molar-refractivity contribution in [3.8, 4) is 11.9 Å². The predicted octanol–water partition coefficient (Wildman–Crippen LogP) is 3.44. The van der Waals surface area contributed by atoms with Gasteiger partial charge in [-0.25, -0.2) is 0 Å². The molecule has 0 unspecified atom stereocenters. The van der Waals surface area contributed by atoms with Crippen LogP contribution < -0.4 is 4.74 Å². The topological polar surface area (TPSA) is 50.8 Å². The summed E-state index contributed by atoms with van der Waals surface area (Å²) in [7, 11) is 0. The van der Waals surface area contributed by atoms with E-state index in [0.29, 0.717) is 35.4 Å². The lowest BCUT2D eigenvalue weighted by molar-refractivity contribution is 0.258. The van der Waals surface area contributed by atoms with Gasteiger partial charge in [0.25, 0.3) is 0 Å². The van der Waals surface area contributed by atoms with Crippen molar-refractivity contribution in [1.29, 1.82) is 5.26 Å². The number of hydrogen-bond donors (Lipinski definition) is 1. The van der Waals surface area contributed by atoms with Gasteiger partial charge in [0.05, 0.1) is 18.7 Å². The molecule has 0 aliphatic heterocycles. The highest BCUT2D eigenvalue weighted by Crippen LogP contribution is 2.18. The summed E-state index contributed by atoms with van der Waals surface area (Å²) in [5, 5.41) is 13.5. The highest BCUT2D eigenvalue weighted by Gasteiger charge is 2.08. The summed E-state index contributed by atoms with van der Waals surface area (Å²) in [6.45, 7) is 7.47. The minimum absolute atomic E-state index is 0.469. The summed E-state index contributed by atoms with van der Waals surface area (Å²) in [5.74, 6) is 1.11. The van der Waals surface area contributed by atoms with Crippen LogP contribution in [-0.4, -0.2) is 16.4 Å². The molecule has 4 nitrogen and oxygen atoms in total. The molecule has 0 radical (unpaired) electrons. The zero-order chi connectivity index (χ0) is 15.4. The fourth-order valence-corrected chi connectivity index (χ4v) is 2.10. The number of rotatable bonds is 5. The molecule has 0 aliphatic rings. The summed E-state index contributed by atoms with van der Waals surface area (Å²) in [6, 6.07) is 9.72. The van der Waals surface area contributed by atoms with Crippen LogP contribution in [0.15, 0.2) is 29.2 Å². The van der Waals surface area contributed by atoms with Crippen LogP contribution in [0.1, 0.15) is 30.7 Å². The van der Waals surface area contributed by atoms with Gasteiger partial charge in [0.15, 0.2) is 0 Å². The first kappa shape index (κ1) is 15.5. The van der Waals surface area contributed by atoms with E-state index in [2.05, 4.69) is 37.6 Å². The van der Waals surface area contributed by atoms with E-state index in [1.165, 1.54) is 0 Å². The van der Waals surface area contributed by atoms with Gasteiger partial charge in [-0.05, 0) is 30.5 Å². The van der Waals surface area contributed by atoms with Crippen molar-refractivity contribution in [1.82, 2.24) is 9.78 Å². The second-order valence-electron chi connectivity index (χ2n) is 5.45. The molecule has 0 bridgehead atoms. The number of nitriles is 1. The Balaban J connectivity index is 2.14. The van der Waals surface area contributed by atoms with E-state index in [1.807, 2.05) is 35.9 Å². The van der Waals surface area contributed by atoms with Gasteiger partial charge in [-0.1, -0.05) is 19.9 Å². The van der Waals surface area contributed by atoms with Crippen LogP contribution >= 0.6 is 12.6 Å². The minimum Gasteiger partial charge on any atom is -0.476 e. The fraction of sp³-hybridized carbons (Fsp3) is 0.375. The molecular formula is C16H19N3OS. The van der Waals surface area contributed by atoms with Gasteiger partial charge in [-0.2, -0.15) is 5.26 Å². The third-order valence-corrected chi connectivity index (χ3v) is 3.43. The predicted molar refractivity (Wildman–Crippen MR) is 84.8 cm³/mol. The molecule has 0 aliphatic carbocycles. The molecule has 1 aromatic heterocycles. The molecule has 0 atom stereocenters. The van der Waals surface area contributed by atoms with Gasteiger partial charge in [-0.15, -0.1) is 17.7 Å². The lowest BCUT2D eigenvalue weighted by atomic mass is 10.1. The van der Waals surface area contributed by atoms with E-state index in [4.69, 9.17) is 10.00 Å². The van der Waals surface area contributed by atoms with Gasteiger partial charge in [0.2, 0.25) is 5.88 Å². The molecule has 5 heteroatoms. The Morgan fingerprint density at radius 3 is 2.81 bits per heavy atom. The lowest BCUT2D eigenvalue weighted by Gasteiger charge is -2.06. The average Bonchev–Trinajstić information content (AvgIpc) is 2.79. The van der Waals surface area contributed by atoms with Crippen molar-refractivity contribution >= 4 is 12.6 Å². The summed E-state index contributed by atoms with van der Waals surface area (Å²) >= 11 is 4.26. The first-order valence-corrected chi connectivity index (χ1v) is 7.33. The summed E-state index contributed by atoms with van der Waals surface area (Å²) in [5.41, 5.74) is 2.63. The Bertz CT molecular complexity index is 671. The second-order valence-corrected chi connectivity index (χ2v) is 5.93. The number of thiol groups is 1. The van der Waals surface area contributed by atoms with E-state index in [1.54, 1.807) is 0 Å². The maximum absolute atomic E-state index is 9.05. The van der Waals surface area contributed by atoms with Gasteiger partial charge < -0.3 is 4.74 Å².